The molecular weight excluding hydrogens is 300 g/mol. The van der Waals surface area contributed by atoms with Crippen LogP contribution in [0.5, 0.6) is 0 Å². The number of hydrogen-bond donors (Lipinski definition) is 3. The van der Waals surface area contributed by atoms with Crippen molar-refractivity contribution in [3.63, 3.8) is 0 Å². The minimum atomic E-state index is -0.744. The molecule has 0 aromatic rings. The molecule has 0 aromatic carbocycles. The molecule has 10 atom stereocenters. The topological polar surface area (TPSA) is 88.4 Å². The van der Waals surface area contributed by atoms with Crippen LogP contribution in [0.3, 0.4) is 0 Å². The highest BCUT2D eigenvalue weighted by molar-refractivity contribution is 4.96. The number of fused-ring (bicyclic) bond motifs is 1. The number of rotatable bonds is 3. The van der Waals surface area contributed by atoms with E-state index in [2.05, 4.69) is 6.92 Å². The molecule has 1 saturated carbocycles. The molecule has 0 aromatic heterocycles. The van der Waals surface area contributed by atoms with Gasteiger partial charge in [0.15, 0.2) is 0 Å². The molecule has 3 rings (SSSR count). The molecule has 0 spiro atoms. The smallest absolute Gasteiger partial charge is 0.211 e. The van der Waals surface area contributed by atoms with E-state index in [0.717, 1.165) is 6.42 Å². The third-order valence-corrected chi connectivity index (χ3v) is 6.12. The molecule has 23 heavy (non-hydrogen) atoms. The van der Waals surface area contributed by atoms with Crippen LogP contribution in [0.2, 0.25) is 0 Å². The van der Waals surface area contributed by atoms with Gasteiger partial charge in [0.25, 0.3) is 0 Å². The molecule has 3 N–H and O–H groups in total. The van der Waals surface area contributed by atoms with Crippen LogP contribution in [0.1, 0.15) is 33.6 Å². The van der Waals surface area contributed by atoms with E-state index in [0.29, 0.717) is 18.9 Å². The molecular formula is C17H30O6. The van der Waals surface area contributed by atoms with Gasteiger partial charge in [0.1, 0.15) is 19.0 Å². The lowest BCUT2D eigenvalue weighted by Gasteiger charge is -2.48. The zero-order valence-corrected chi connectivity index (χ0v) is 14.1. The molecule has 0 bridgehead atoms. The van der Waals surface area contributed by atoms with Crippen LogP contribution in [0.25, 0.3) is 0 Å². The largest absolute Gasteiger partial charge is 0.390 e. The van der Waals surface area contributed by atoms with Gasteiger partial charge >= 0.3 is 0 Å². The lowest BCUT2D eigenvalue weighted by atomic mass is 9.68. The Labute approximate surface area is 139 Å². The molecule has 0 amide bonds. The van der Waals surface area contributed by atoms with Crippen LogP contribution in [-0.4, -0.2) is 66.8 Å². The fourth-order valence-electron chi connectivity index (χ4n) is 4.51. The van der Waals surface area contributed by atoms with Crippen molar-refractivity contribution in [3.05, 3.63) is 0 Å². The van der Waals surface area contributed by atoms with Crippen LogP contribution < -0.4 is 0 Å². The molecule has 6 nitrogen and oxygen atoms in total. The van der Waals surface area contributed by atoms with Crippen LogP contribution in [0.15, 0.2) is 0 Å². The summed E-state index contributed by atoms with van der Waals surface area (Å²) in [6, 6.07) is 0. The van der Waals surface area contributed by atoms with Crippen molar-refractivity contribution in [2.24, 2.45) is 23.7 Å². The van der Waals surface area contributed by atoms with E-state index in [4.69, 9.17) is 20.8 Å². The molecule has 2 aliphatic heterocycles. The van der Waals surface area contributed by atoms with Crippen molar-refractivity contribution >= 4 is 0 Å². The third-order valence-electron chi connectivity index (χ3n) is 6.12. The number of hydrogen-bond acceptors (Lipinski definition) is 6. The fraction of sp³-hybridized carbons (Fsp3) is 1.00. The average molecular weight is 332 g/mol. The van der Waals surface area contributed by atoms with E-state index in [1.54, 1.807) is 0 Å². The third kappa shape index (κ3) is 3.30. The summed E-state index contributed by atoms with van der Waals surface area (Å²) >= 11 is 0. The van der Waals surface area contributed by atoms with Gasteiger partial charge in [0.2, 0.25) is 1.43 Å². The van der Waals surface area contributed by atoms with Crippen molar-refractivity contribution in [2.75, 3.05) is 13.4 Å². The SMILES string of the molecule is [3H]OC1[C@H]2OCOCC2O[C@@H](C[C@H]2C(C)CC(C)C(O)C2O)[C@@H]1C. The van der Waals surface area contributed by atoms with E-state index >= 15 is 0 Å². The highest BCUT2D eigenvalue weighted by Crippen LogP contribution is 2.40. The minimum Gasteiger partial charge on any atom is -0.390 e. The summed E-state index contributed by atoms with van der Waals surface area (Å²) in [5.74, 6) is 0.348. The van der Waals surface area contributed by atoms with Gasteiger partial charge < -0.3 is 29.5 Å². The predicted molar refractivity (Wildman–Crippen MR) is 82.6 cm³/mol. The van der Waals surface area contributed by atoms with Gasteiger partial charge in [-0.05, 0) is 30.6 Å². The molecule has 6 unspecified atom stereocenters. The Morgan fingerprint density at radius 1 is 1.09 bits per heavy atom. The Balaban J connectivity index is 1.71. The monoisotopic (exact) mass is 332 g/mol. The Morgan fingerprint density at radius 3 is 2.61 bits per heavy atom. The fourth-order valence-corrected chi connectivity index (χ4v) is 4.51. The highest BCUT2D eigenvalue weighted by Gasteiger charge is 2.48. The zero-order chi connectivity index (χ0) is 17.4. The second-order valence-electron chi connectivity index (χ2n) is 7.73. The first-order valence-electron chi connectivity index (χ1n) is 9.17. The predicted octanol–water partition coefficient (Wildman–Crippen LogP) is 0.528. The van der Waals surface area contributed by atoms with Crippen molar-refractivity contribution in [1.82, 2.24) is 0 Å². The van der Waals surface area contributed by atoms with Crippen LogP contribution in [0, 0.1) is 23.7 Å². The number of aliphatic hydroxyl groups excluding tert-OH is 3. The van der Waals surface area contributed by atoms with Crippen molar-refractivity contribution < 1.29 is 29.5 Å². The quantitative estimate of drug-likeness (QED) is 0.699. The molecule has 3 fully saturated rings. The van der Waals surface area contributed by atoms with Crippen molar-refractivity contribution in [2.45, 2.75) is 70.2 Å². The van der Waals surface area contributed by atoms with Gasteiger partial charge in [-0.25, -0.2) is 0 Å². The van der Waals surface area contributed by atoms with Crippen LogP contribution in [0.4, 0.5) is 0 Å². The van der Waals surface area contributed by atoms with Crippen molar-refractivity contribution in [3.8, 4) is 0 Å². The second kappa shape index (κ2) is 6.94. The molecule has 2 saturated heterocycles. The van der Waals surface area contributed by atoms with Crippen LogP contribution >= 0.6 is 0 Å². The molecule has 1 aliphatic carbocycles. The van der Waals surface area contributed by atoms with E-state index in [-0.39, 0.29) is 49.0 Å². The summed E-state index contributed by atoms with van der Waals surface area (Å²) in [4.78, 5) is 0. The summed E-state index contributed by atoms with van der Waals surface area (Å²) in [6.07, 6.45) is -0.991. The number of ether oxygens (including phenoxy) is 3. The Kier molecular flexibility index (Phi) is 4.90. The Bertz CT molecular complexity index is 424. The van der Waals surface area contributed by atoms with E-state index < -0.39 is 12.2 Å². The molecule has 3 aliphatic rings. The van der Waals surface area contributed by atoms with Gasteiger partial charge in [-0.2, -0.15) is 0 Å². The maximum atomic E-state index is 10.5. The maximum Gasteiger partial charge on any atom is 0.211 e. The van der Waals surface area contributed by atoms with E-state index in [9.17, 15) is 10.2 Å². The lowest BCUT2D eigenvalue weighted by molar-refractivity contribution is -0.286. The highest BCUT2D eigenvalue weighted by atomic mass is 16.7. The molecule has 2 heterocycles. The minimum absolute atomic E-state index is 0.0299. The standard InChI is InChI=1S/C17H30O6/c1-8-4-9(2)14(18)16(20)11(8)5-12-10(3)15(19)17-13(23-12)6-21-7-22-17/h8-20H,4-7H2,1-3H3/t8?,9?,10-,11-,12-,13?,14?,15?,16?,17-/m0/s1/i19T. The zero-order valence-electron chi connectivity index (χ0n) is 15.1. The first-order chi connectivity index (χ1) is 11.4. The van der Waals surface area contributed by atoms with Crippen molar-refractivity contribution in [1.29, 1.82) is 1.43 Å². The maximum absolute atomic E-state index is 10.5. The van der Waals surface area contributed by atoms with Gasteiger partial charge in [0, 0.05) is 5.92 Å². The summed E-state index contributed by atoms with van der Waals surface area (Å²) < 4.78 is 24.5. The molecule has 134 valence electrons. The van der Waals surface area contributed by atoms with E-state index in [1.807, 2.05) is 13.8 Å². The van der Waals surface area contributed by atoms with Gasteiger partial charge in [-0.3, -0.25) is 0 Å². The van der Waals surface area contributed by atoms with E-state index in [1.165, 1.54) is 0 Å². The summed E-state index contributed by atoms with van der Waals surface area (Å²) in [5.41, 5.74) is 0. The molecule has 0 radical (unpaired) electrons. The van der Waals surface area contributed by atoms with Gasteiger partial charge in [0.05, 0.1) is 31.0 Å². The summed E-state index contributed by atoms with van der Waals surface area (Å²) in [7, 11) is 0. The number of aliphatic hydroxyl groups is 3. The second-order valence-corrected chi connectivity index (χ2v) is 7.73. The first kappa shape index (κ1) is 16.2. The Hall–Kier alpha value is -0.240. The van der Waals surface area contributed by atoms with Gasteiger partial charge in [-0.1, -0.05) is 20.8 Å². The lowest BCUT2D eigenvalue weighted by Crippen LogP contribution is -2.59. The normalized spacial score (nSPS) is 55.1. The average Bonchev–Trinajstić information content (AvgIpc) is 2.57. The summed E-state index contributed by atoms with van der Waals surface area (Å²) in [5, 5.41) is 25.7. The van der Waals surface area contributed by atoms with Gasteiger partial charge in [-0.15, -0.1) is 0 Å². The summed E-state index contributed by atoms with van der Waals surface area (Å²) in [6.45, 7) is 6.72. The van der Waals surface area contributed by atoms with Crippen LogP contribution in [-0.2, 0) is 14.2 Å². The first-order valence-corrected chi connectivity index (χ1v) is 8.77. The molecule has 6 heteroatoms. The Morgan fingerprint density at radius 2 is 1.87 bits per heavy atom.